The molecule has 1 saturated carbocycles. The van der Waals surface area contributed by atoms with Crippen molar-refractivity contribution in [2.24, 2.45) is 0 Å². The summed E-state index contributed by atoms with van der Waals surface area (Å²) in [5.41, 5.74) is -0.00958. The Morgan fingerprint density at radius 3 is 2.67 bits per heavy atom. The molecule has 0 heterocycles. The van der Waals surface area contributed by atoms with Crippen LogP contribution in [0.5, 0.6) is 5.75 Å². The van der Waals surface area contributed by atoms with E-state index in [0.29, 0.717) is 5.69 Å². The van der Waals surface area contributed by atoms with Gasteiger partial charge in [0.25, 0.3) is 0 Å². The van der Waals surface area contributed by atoms with E-state index in [-0.39, 0.29) is 5.75 Å². The molecule has 2 rings (SSSR count). The van der Waals surface area contributed by atoms with E-state index >= 15 is 0 Å². The smallest absolute Gasteiger partial charge is 0.305 e. The van der Waals surface area contributed by atoms with E-state index in [2.05, 4.69) is 10.2 Å². The molecule has 0 bridgehead atoms. The van der Waals surface area contributed by atoms with Crippen molar-refractivity contribution < 1.29 is 9.50 Å². The zero-order valence-electron chi connectivity index (χ0n) is 8.13. The molecule has 0 radical (unpaired) electrons. The summed E-state index contributed by atoms with van der Waals surface area (Å²) in [6, 6.07) is 4.07. The quantitative estimate of drug-likeness (QED) is 0.576. The standard InChI is InChI=1S/C11H11FN2O/c1-13-11(5-2-6-11)14-8-3-4-10(15)9(12)7-8/h3-4,7,14-15H,2,5-6H2. The Kier molecular flexibility index (Phi) is 2.24. The highest BCUT2D eigenvalue weighted by atomic mass is 19.1. The van der Waals surface area contributed by atoms with Crippen LogP contribution in [0.1, 0.15) is 19.3 Å². The molecular formula is C11H11FN2O. The molecule has 1 aromatic carbocycles. The van der Waals surface area contributed by atoms with Crippen molar-refractivity contribution in [1.82, 2.24) is 0 Å². The van der Waals surface area contributed by atoms with Crippen molar-refractivity contribution in [3.63, 3.8) is 0 Å². The maximum Gasteiger partial charge on any atom is 0.305 e. The first-order valence-corrected chi connectivity index (χ1v) is 4.80. The lowest BCUT2D eigenvalue weighted by Crippen LogP contribution is -2.41. The van der Waals surface area contributed by atoms with E-state index in [1.54, 1.807) is 6.07 Å². The molecule has 0 atom stereocenters. The number of nitrogens with one attached hydrogen (secondary N) is 1. The largest absolute Gasteiger partial charge is 0.505 e. The van der Waals surface area contributed by atoms with Crippen molar-refractivity contribution in [2.75, 3.05) is 5.32 Å². The number of rotatable bonds is 2. The lowest BCUT2D eigenvalue weighted by atomic mass is 9.85. The summed E-state index contributed by atoms with van der Waals surface area (Å²) in [7, 11) is 0. The van der Waals surface area contributed by atoms with Gasteiger partial charge in [0, 0.05) is 24.6 Å². The maximum absolute atomic E-state index is 13.0. The van der Waals surface area contributed by atoms with Gasteiger partial charge in [0.2, 0.25) is 0 Å². The van der Waals surface area contributed by atoms with Gasteiger partial charge >= 0.3 is 5.66 Å². The normalized spacial score (nSPS) is 17.6. The van der Waals surface area contributed by atoms with Crippen LogP contribution in [0.3, 0.4) is 0 Å². The summed E-state index contributed by atoms with van der Waals surface area (Å²) < 4.78 is 13.0. The molecule has 3 nitrogen and oxygen atoms in total. The van der Waals surface area contributed by atoms with Crippen LogP contribution >= 0.6 is 0 Å². The molecule has 15 heavy (non-hydrogen) atoms. The van der Waals surface area contributed by atoms with Crippen LogP contribution in [0.25, 0.3) is 4.85 Å². The molecule has 1 aliphatic carbocycles. The first kappa shape index (κ1) is 9.78. The van der Waals surface area contributed by atoms with Gasteiger partial charge < -0.3 is 10.4 Å². The predicted molar refractivity (Wildman–Crippen MR) is 54.9 cm³/mol. The third-order valence-corrected chi connectivity index (χ3v) is 2.72. The molecular weight excluding hydrogens is 195 g/mol. The molecule has 4 heteroatoms. The van der Waals surface area contributed by atoms with Gasteiger partial charge in [0.15, 0.2) is 11.6 Å². The second-order valence-corrected chi connectivity index (χ2v) is 3.79. The molecule has 2 N–H and O–H groups in total. The number of aromatic hydroxyl groups is 1. The average molecular weight is 206 g/mol. The SMILES string of the molecule is [C-]#[N+]C1(Nc2ccc(O)c(F)c2)CCC1. The highest BCUT2D eigenvalue weighted by Gasteiger charge is 2.43. The third kappa shape index (κ3) is 1.73. The number of hydrogen-bond donors (Lipinski definition) is 2. The Morgan fingerprint density at radius 2 is 2.20 bits per heavy atom. The van der Waals surface area contributed by atoms with Gasteiger partial charge in [-0.05, 0) is 18.6 Å². The van der Waals surface area contributed by atoms with Crippen LogP contribution in [0.15, 0.2) is 18.2 Å². The predicted octanol–water partition coefficient (Wildman–Crippen LogP) is 2.74. The molecule has 0 saturated heterocycles. The van der Waals surface area contributed by atoms with Gasteiger partial charge in [-0.15, -0.1) is 0 Å². The van der Waals surface area contributed by atoms with Crippen LogP contribution in [0.4, 0.5) is 10.1 Å². The molecule has 1 aliphatic rings. The Morgan fingerprint density at radius 1 is 1.47 bits per heavy atom. The monoisotopic (exact) mass is 206 g/mol. The molecule has 0 aromatic heterocycles. The molecule has 0 unspecified atom stereocenters. The average Bonchev–Trinajstić information content (AvgIpc) is 2.17. The zero-order valence-corrected chi connectivity index (χ0v) is 8.13. The number of halogens is 1. The fourth-order valence-corrected chi connectivity index (χ4v) is 1.63. The van der Waals surface area contributed by atoms with Gasteiger partial charge in [-0.2, -0.15) is 0 Å². The molecule has 0 aliphatic heterocycles. The van der Waals surface area contributed by atoms with Crippen LogP contribution in [-0.4, -0.2) is 10.8 Å². The second-order valence-electron chi connectivity index (χ2n) is 3.79. The molecule has 0 spiro atoms. The summed E-state index contributed by atoms with van der Waals surface area (Å²) in [5.74, 6) is -1.04. The van der Waals surface area contributed by atoms with E-state index in [4.69, 9.17) is 11.7 Å². The number of hydrogen-bond acceptors (Lipinski definition) is 2. The number of phenols is 1. The van der Waals surface area contributed by atoms with Crippen molar-refractivity contribution in [3.05, 3.63) is 35.4 Å². The number of phenolic OH excluding ortho intramolecular Hbond substituents is 1. The van der Waals surface area contributed by atoms with Gasteiger partial charge in [-0.3, -0.25) is 4.85 Å². The Labute approximate surface area is 87.4 Å². The minimum absolute atomic E-state index is 0.369. The fraction of sp³-hybridized carbons (Fsp3) is 0.364. The van der Waals surface area contributed by atoms with E-state index in [0.717, 1.165) is 19.3 Å². The van der Waals surface area contributed by atoms with Crippen LogP contribution < -0.4 is 5.32 Å². The van der Waals surface area contributed by atoms with Gasteiger partial charge in [-0.1, -0.05) is 0 Å². The minimum atomic E-state index is -0.667. The van der Waals surface area contributed by atoms with Crippen LogP contribution in [0, 0.1) is 12.4 Å². The van der Waals surface area contributed by atoms with E-state index in [9.17, 15) is 4.39 Å². The summed E-state index contributed by atoms with van der Waals surface area (Å²) >= 11 is 0. The van der Waals surface area contributed by atoms with E-state index in [1.165, 1.54) is 12.1 Å². The summed E-state index contributed by atoms with van der Waals surface area (Å²) in [4.78, 5) is 3.53. The van der Waals surface area contributed by atoms with E-state index in [1.807, 2.05) is 0 Å². The van der Waals surface area contributed by atoms with Crippen molar-refractivity contribution >= 4 is 5.69 Å². The van der Waals surface area contributed by atoms with Crippen molar-refractivity contribution in [2.45, 2.75) is 24.9 Å². The Bertz CT molecular complexity index is 421. The summed E-state index contributed by atoms with van der Waals surface area (Å²) in [6.07, 6.45) is 2.61. The molecule has 1 aromatic rings. The Hall–Kier alpha value is -1.76. The first-order chi connectivity index (χ1) is 7.15. The highest BCUT2D eigenvalue weighted by Crippen LogP contribution is 2.37. The summed E-state index contributed by atoms with van der Waals surface area (Å²) in [5, 5.41) is 12.0. The molecule has 1 fully saturated rings. The molecule has 0 amide bonds. The second kappa shape index (κ2) is 3.43. The highest BCUT2D eigenvalue weighted by molar-refractivity contribution is 5.50. The van der Waals surface area contributed by atoms with Crippen molar-refractivity contribution in [3.8, 4) is 5.75 Å². The topological polar surface area (TPSA) is 36.6 Å². The number of benzene rings is 1. The van der Waals surface area contributed by atoms with E-state index < -0.39 is 11.5 Å². The maximum atomic E-state index is 13.0. The number of anilines is 1. The fourth-order valence-electron chi connectivity index (χ4n) is 1.63. The van der Waals surface area contributed by atoms with Gasteiger partial charge in [0.1, 0.15) is 0 Å². The molecule has 78 valence electrons. The first-order valence-electron chi connectivity index (χ1n) is 4.80. The van der Waals surface area contributed by atoms with Gasteiger partial charge in [-0.25, -0.2) is 11.0 Å². The van der Waals surface area contributed by atoms with Gasteiger partial charge in [0.05, 0.1) is 0 Å². The van der Waals surface area contributed by atoms with Crippen molar-refractivity contribution in [1.29, 1.82) is 0 Å². The summed E-state index contributed by atoms with van der Waals surface area (Å²) in [6.45, 7) is 7.07. The van der Waals surface area contributed by atoms with Crippen LogP contribution in [0.2, 0.25) is 0 Å². The third-order valence-electron chi connectivity index (χ3n) is 2.72. The Balaban J connectivity index is 2.18. The minimum Gasteiger partial charge on any atom is -0.505 e. The zero-order chi connectivity index (χ0) is 10.9. The lowest BCUT2D eigenvalue weighted by molar-refractivity contribution is 0.343. The van der Waals surface area contributed by atoms with Crippen LogP contribution in [-0.2, 0) is 0 Å². The number of nitrogens with zero attached hydrogens (tertiary/aromatic N) is 1. The lowest BCUT2D eigenvalue weighted by Gasteiger charge is -2.31.